The lowest BCUT2D eigenvalue weighted by Gasteiger charge is -2.20. The molecule has 1 aliphatic rings. The third-order valence-corrected chi connectivity index (χ3v) is 2.14. The van der Waals surface area contributed by atoms with Gasteiger partial charge in [0.25, 0.3) is 0 Å². The predicted molar refractivity (Wildman–Crippen MR) is 41.1 cm³/mol. The molecule has 11 heavy (non-hydrogen) atoms. The first kappa shape index (κ1) is 8.24. The standard InChI is InChI=1S/C8H13NO2/c1-3-9-7(6(2)10)4-5-8(9)11/h7H,3-5H2,1-2H3/t7-/m0/s1. The Kier molecular flexibility index (Phi) is 2.27. The molecule has 0 aliphatic carbocycles. The van der Waals surface area contributed by atoms with E-state index in [4.69, 9.17) is 0 Å². The molecule has 1 fully saturated rings. The van der Waals surface area contributed by atoms with E-state index in [1.165, 1.54) is 0 Å². The number of carbonyl (C=O) groups is 2. The molecule has 0 aromatic rings. The van der Waals surface area contributed by atoms with Gasteiger partial charge in [-0.05, 0) is 20.3 Å². The lowest BCUT2D eigenvalue weighted by atomic mass is 10.1. The van der Waals surface area contributed by atoms with Gasteiger partial charge in [-0.1, -0.05) is 0 Å². The van der Waals surface area contributed by atoms with Gasteiger partial charge in [-0.15, -0.1) is 0 Å². The lowest BCUT2D eigenvalue weighted by molar-refractivity contribution is -0.133. The van der Waals surface area contributed by atoms with E-state index in [1.807, 2.05) is 6.92 Å². The van der Waals surface area contributed by atoms with Crippen LogP contribution < -0.4 is 0 Å². The topological polar surface area (TPSA) is 37.4 Å². The van der Waals surface area contributed by atoms with Crippen molar-refractivity contribution in [3.63, 3.8) is 0 Å². The van der Waals surface area contributed by atoms with E-state index in [-0.39, 0.29) is 17.7 Å². The highest BCUT2D eigenvalue weighted by atomic mass is 16.2. The van der Waals surface area contributed by atoms with Gasteiger partial charge in [0.15, 0.2) is 5.78 Å². The monoisotopic (exact) mass is 155 g/mol. The first-order valence-electron chi connectivity index (χ1n) is 3.96. The maximum atomic E-state index is 11.1. The quantitative estimate of drug-likeness (QED) is 0.585. The van der Waals surface area contributed by atoms with Gasteiger partial charge in [0.05, 0.1) is 6.04 Å². The number of ketones is 1. The molecule has 0 radical (unpaired) electrons. The molecule has 1 amide bonds. The number of nitrogens with zero attached hydrogens (tertiary/aromatic N) is 1. The van der Waals surface area contributed by atoms with E-state index in [0.717, 1.165) is 0 Å². The molecule has 0 aromatic heterocycles. The average molecular weight is 155 g/mol. The molecule has 0 aromatic carbocycles. The normalized spacial score (nSPS) is 24.4. The second-order valence-electron chi connectivity index (χ2n) is 2.84. The van der Waals surface area contributed by atoms with Crippen molar-refractivity contribution in [2.45, 2.75) is 32.7 Å². The fourth-order valence-corrected chi connectivity index (χ4v) is 1.55. The number of likely N-dealkylation sites (tertiary alicyclic amines) is 1. The molecule has 1 atom stereocenters. The summed E-state index contributed by atoms with van der Waals surface area (Å²) in [6, 6.07) is -0.132. The third-order valence-electron chi connectivity index (χ3n) is 2.14. The Morgan fingerprint density at radius 3 is 2.73 bits per heavy atom. The van der Waals surface area contributed by atoms with Crippen molar-refractivity contribution in [3.8, 4) is 0 Å². The minimum atomic E-state index is -0.132. The fraction of sp³-hybridized carbons (Fsp3) is 0.750. The van der Waals surface area contributed by atoms with Crippen LogP contribution in [0.15, 0.2) is 0 Å². The molecule has 0 unspecified atom stereocenters. The van der Waals surface area contributed by atoms with Crippen molar-refractivity contribution in [3.05, 3.63) is 0 Å². The molecule has 1 aliphatic heterocycles. The van der Waals surface area contributed by atoms with Crippen molar-refractivity contribution < 1.29 is 9.59 Å². The van der Waals surface area contributed by atoms with Crippen LogP contribution in [0.4, 0.5) is 0 Å². The molecule has 3 heteroatoms. The summed E-state index contributed by atoms with van der Waals surface area (Å²) >= 11 is 0. The Hall–Kier alpha value is -0.860. The summed E-state index contributed by atoms with van der Waals surface area (Å²) < 4.78 is 0. The number of Topliss-reactive ketones (excluding diaryl/α,β-unsaturated/α-hetero) is 1. The van der Waals surface area contributed by atoms with Gasteiger partial charge in [-0.25, -0.2) is 0 Å². The van der Waals surface area contributed by atoms with Gasteiger partial charge in [-0.2, -0.15) is 0 Å². The Bertz CT molecular complexity index is 189. The highest BCUT2D eigenvalue weighted by Gasteiger charge is 2.32. The van der Waals surface area contributed by atoms with Crippen molar-refractivity contribution in [2.75, 3.05) is 6.54 Å². The second kappa shape index (κ2) is 3.03. The minimum Gasteiger partial charge on any atom is -0.333 e. The molecule has 62 valence electrons. The van der Waals surface area contributed by atoms with E-state index in [9.17, 15) is 9.59 Å². The van der Waals surface area contributed by atoms with Crippen molar-refractivity contribution >= 4 is 11.7 Å². The fourth-order valence-electron chi connectivity index (χ4n) is 1.55. The molecule has 0 spiro atoms. The molecule has 0 bridgehead atoms. The summed E-state index contributed by atoms with van der Waals surface area (Å²) in [6.07, 6.45) is 1.25. The van der Waals surface area contributed by atoms with Crippen LogP contribution in [0.5, 0.6) is 0 Å². The summed E-state index contributed by atoms with van der Waals surface area (Å²) in [5.74, 6) is 0.227. The maximum Gasteiger partial charge on any atom is 0.223 e. The SMILES string of the molecule is CCN1C(=O)CC[C@H]1C(C)=O. The molecule has 1 rings (SSSR count). The van der Waals surface area contributed by atoms with Crippen LogP contribution in [0.2, 0.25) is 0 Å². The van der Waals surface area contributed by atoms with Gasteiger partial charge in [-0.3, -0.25) is 9.59 Å². The molecule has 0 N–H and O–H groups in total. The van der Waals surface area contributed by atoms with Crippen LogP contribution in [0.25, 0.3) is 0 Å². The second-order valence-corrected chi connectivity index (χ2v) is 2.84. The molecule has 3 nitrogen and oxygen atoms in total. The maximum absolute atomic E-state index is 11.1. The minimum absolute atomic E-state index is 0.109. The zero-order valence-corrected chi connectivity index (χ0v) is 6.96. The Morgan fingerprint density at radius 1 is 1.73 bits per heavy atom. The number of carbonyl (C=O) groups excluding carboxylic acids is 2. The van der Waals surface area contributed by atoms with Crippen LogP contribution in [0, 0.1) is 0 Å². The zero-order chi connectivity index (χ0) is 8.43. The number of amides is 1. The predicted octanol–water partition coefficient (Wildman–Crippen LogP) is 0.586. The van der Waals surface area contributed by atoms with Crippen LogP contribution in [0.1, 0.15) is 26.7 Å². The van der Waals surface area contributed by atoms with E-state index >= 15 is 0 Å². The molecular weight excluding hydrogens is 142 g/mol. The number of likely N-dealkylation sites (N-methyl/N-ethyl adjacent to an activating group) is 1. The number of rotatable bonds is 2. The average Bonchev–Trinajstić information content (AvgIpc) is 2.30. The highest BCUT2D eigenvalue weighted by molar-refractivity contribution is 5.90. The third kappa shape index (κ3) is 1.42. The molecule has 0 saturated carbocycles. The summed E-state index contributed by atoms with van der Waals surface area (Å²) in [5.41, 5.74) is 0. The Labute approximate surface area is 66.4 Å². The summed E-state index contributed by atoms with van der Waals surface area (Å²) in [7, 11) is 0. The van der Waals surface area contributed by atoms with E-state index < -0.39 is 0 Å². The highest BCUT2D eigenvalue weighted by Crippen LogP contribution is 2.18. The number of hydrogen-bond acceptors (Lipinski definition) is 2. The van der Waals surface area contributed by atoms with Crippen molar-refractivity contribution in [1.82, 2.24) is 4.90 Å². The summed E-state index contributed by atoms with van der Waals surface area (Å²) in [4.78, 5) is 23.7. The van der Waals surface area contributed by atoms with Crippen LogP contribution in [-0.2, 0) is 9.59 Å². The van der Waals surface area contributed by atoms with Gasteiger partial charge in [0.2, 0.25) is 5.91 Å². The van der Waals surface area contributed by atoms with Crippen LogP contribution in [-0.4, -0.2) is 29.2 Å². The van der Waals surface area contributed by atoms with Gasteiger partial charge in [0, 0.05) is 13.0 Å². The van der Waals surface area contributed by atoms with Gasteiger partial charge >= 0.3 is 0 Å². The van der Waals surface area contributed by atoms with Crippen LogP contribution in [0.3, 0.4) is 0 Å². The Balaban J connectivity index is 2.68. The largest absolute Gasteiger partial charge is 0.333 e. The van der Waals surface area contributed by atoms with E-state index in [1.54, 1.807) is 11.8 Å². The van der Waals surface area contributed by atoms with Crippen molar-refractivity contribution in [1.29, 1.82) is 0 Å². The van der Waals surface area contributed by atoms with Gasteiger partial charge in [0.1, 0.15) is 0 Å². The zero-order valence-electron chi connectivity index (χ0n) is 6.96. The first-order valence-corrected chi connectivity index (χ1v) is 3.96. The van der Waals surface area contributed by atoms with Crippen LogP contribution >= 0.6 is 0 Å². The molecule has 1 saturated heterocycles. The first-order chi connectivity index (χ1) is 5.16. The lowest BCUT2D eigenvalue weighted by Crippen LogP contribution is -2.37. The van der Waals surface area contributed by atoms with E-state index in [0.29, 0.717) is 19.4 Å². The van der Waals surface area contributed by atoms with E-state index in [2.05, 4.69) is 0 Å². The molecular formula is C8H13NO2. The van der Waals surface area contributed by atoms with Gasteiger partial charge < -0.3 is 4.90 Å². The Morgan fingerprint density at radius 2 is 2.36 bits per heavy atom. The smallest absolute Gasteiger partial charge is 0.223 e. The van der Waals surface area contributed by atoms with Crippen molar-refractivity contribution in [2.24, 2.45) is 0 Å². The summed E-state index contributed by atoms with van der Waals surface area (Å²) in [5, 5.41) is 0. The number of hydrogen-bond donors (Lipinski definition) is 0. The summed E-state index contributed by atoms with van der Waals surface area (Å²) in [6.45, 7) is 4.11. The molecule has 1 heterocycles.